The summed E-state index contributed by atoms with van der Waals surface area (Å²) in [6.45, 7) is 3.18. The van der Waals surface area contributed by atoms with E-state index in [4.69, 9.17) is 4.74 Å². The van der Waals surface area contributed by atoms with Crippen molar-refractivity contribution in [3.63, 3.8) is 0 Å². The first-order valence-electron chi connectivity index (χ1n) is 7.12. The fraction of sp³-hybridized carbons (Fsp3) is 1.00. The highest BCUT2D eigenvalue weighted by atomic mass is 16.5. The zero-order valence-corrected chi connectivity index (χ0v) is 11.9. The van der Waals surface area contributed by atoms with E-state index >= 15 is 0 Å². The van der Waals surface area contributed by atoms with Crippen molar-refractivity contribution in [3.05, 3.63) is 0 Å². The maximum absolute atomic E-state index is 5.10. The number of hydrogen-bond acceptors (Lipinski definition) is 3. The predicted molar refractivity (Wildman–Crippen MR) is 73.4 cm³/mol. The second kappa shape index (κ2) is 8.90. The van der Waals surface area contributed by atoms with E-state index in [9.17, 15) is 0 Å². The van der Waals surface area contributed by atoms with Crippen LogP contribution in [0.1, 0.15) is 38.5 Å². The molecule has 0 aromatic heterocycles. The van der Waals surface area contributed by atoms with E-state index in [2.05, 4.69) is 24.3 Å². The summed E-state index contributed by atoms with van der Waals surface area (Å²) < 4.78 is 5.10. The second-order valence-electron chi connectivity index (χ2n) is 5.40. The summed E-state index contributed by atoms with van der Waals surface area (Å²) in [5.41, 5.74) is 0. The quantitative estimate of drug-likeness (QED) is 0.660. The van der Waals surface area contributed by atoms with Gasteiger partial charge in [-0.15, -0.1) is 0 Å². The Morgan fingerprint density at radius 3 is 2.59 bits per heavy atom. The number of methoxy groups -OCH3 is 1. The van der Waals surface area contributed by atoms with Crippen LogP contribution in [0.15, 0.2) is 0 Å². The summed E-state index contributed by atoms with van der Waals surface area (Å²) in [4.78, 5) is 2.44. The molecular formula is C14H30N2O. The minimum Gasteiger partial charge on any atom is -0.385 e. The number of nitrogens with zero attached hydrogens (tertiary/aromatic N) is 1. The Hall–Kier alpha value is -0.120. The van der Waals surface area contributed by atoms with E-state index in [1.54, 1.807) is 7.11 Å². The average Bonchev–Trinajstić information content (AvgIpc) is 2.37. The van der Waals surface area contributed by atoms with E-state index in [-0.39, 0.29) is 0 Å². The van der Waals surface area contributed by atoms with Gasteiger partial charge < -0.3 is 15.0 Å². The summed E-state index contributed by atoms with van der Waals surface area (Å²) in [6.07, 6.45) is 8.26. The van der Waals surface area contributed by atoms with Crippen LogP contribution in [0.25, 0.3) is 0 Å². The van der Waals surface area contributed by atoms with Crippen LogP contribution in [0.4, 0.5) is 0 Å². The van der Waals surface area contributed by atoms with Crippen molar-refractivity contribution < 1.29 is 4.74 Å². The first-order valence-corrected chi connectivity index (χ1v) is 7.12. The molecule has 17 heavy (non-hydrogen) atoms. The lowest BCUT2D eigenvalue weighted by Crippen LogP contribution is -2.44. The Balaban J connectivity index is 2.24. The molecule has 1 aliphatic rings. The molecule has 1 N–H and O–H groups in total. The van der Waals surface area contributed by atoms with Gasteiger partial charge in [0, 0.05) is 32.8 Å². The van der Waals surface area contributed by atoms with Gasteiger partial charge in [0.1, 0.15) is 0 Å². The lowest BCUT2D eigenvalue weighted by Gasteiger charge is -2.33. The molecule has 1 aliphatic carbocycles. The number of hydrogen-bond donors (Lipinski definition) is 1. The van der Waals surface area contributed by atoms with Crippen LogP contribution < -0.4 is 5.32 Å². The zero-order chi connectivity index (χ0) is 12.5. The molecule has 1 rings (SSSR count). The third-order valence-corrected chi connectivity index (χ3v) is 3.99. The SMILES string of the molecule is CNC(CN(C)CCCOC)C1CCCCC1. The van der Waals surface area contributed by atoms with Crippen molar-refractivity contribution in [3.8, 4) is 0 Å². The summed E-state index contributed by atoms with van der Waals surface area (Å²) in [5, 5.41) is 3.52. The van der Waals surface area contributed by atoms with Crippen LogP contribution in [0.2, 0.25) is 0 Å². The summed E-state index contributed by atoms with van der Waals surface area (Å²) >= 11 is 0. The van der Waals surface area contributed by atoms with E-state index in [1.165, 1.54) is 38.6 Å². The molecule has 0 aliphatic heterocycles. The maximum Gasteiger partial charge on any atom is 0.0474 e. The van der Waals surface area contributed by atoms with Gasteiger partial charge in [0.25, 0.3) is 0 Å². The monoisotopic (exact) mass is 242 g/mol. The van der Waals surface area contributed by atoms with Crippen molar-refractivity contribution in [1.82, 2.24) is 10.2 Å². The molecule has 0 amide bonds. The van der Waals surface area contributed by atoms with Crippen LogP contribution in [0.5, 0.6) is 0 Å². The van der Waals surface area contributed by atoms with Gasteiger partial charge in [0.15, 0.2) is 0 Å². The number of nitrogens with one attached hydrogen (secondary N) is 1. The highest BCUT2D eigenvalue weighted by Crippen LogP contribution is 2.26. The fourth-order valence-electron chi connectivity index (χ4n) is 2.92. The largest absolute Gasteiger partial charge is 0.385 e. The van der Waals surface area contributed by atoms with Gasteiger partial charge in [-0.25, -0.2) is 0 Å². The molecule has 1 fully saturated rings. The summed E-state index contributed by atoms with van der Waals surface area (Å²) in [6, 6.07) is 0.669. The van der Waals surface area contributed by atoms with E-state index in [1.807, 2.05) is 0 Å². The number of ether oxygens (including phenoxy) is 1. The number of rotatable bonds is 8. The Kier molecular flexibility index (Phi) is 7.82. The van der Waals surface area contributed by atoms with Gasteiger partial charge in [-0.1, -0.05) is 19.3 Å². The molecule has 1 saturated carbocycles. The van der Waals surface area contributed by atoms with Crippen molar-refractivity contribution in [2.24, 2.45) is 5.92 Å². The first kappa shape index (κ1) is 14.9. The topological polar surface area (TPSA) is 24.5 Å². The van der Waals surface area contributed by atoms with Crippen molar-refractivity contribution in [1.29, 1.82) is 0 Å². The molecule has 0 heterocycles. The van der Waals surface area contributed by atoms with Gasteiger partial charge >= 0.3 is 0 Å². The fourth-order valence-corrected chi connectivity index (χ4v) is 2.92. The Morgan fingerprint density at radius 1 is 1.29 bits per heavy atom. The van der Waals surface area contributed by atoms with Gasteiger partial charge in [0.05, 0.1) is 0 Å². The number of likely N-dealkylation sites (N-methyl/N-ethyl adjacent to an activating group) is 2. The summed E-state index contributed by atoms with van der Waals surface area (Å²) in [7, 11) is 6.11. The van der Waals surface area contributed by atoms with Crippen LogP contribution in [-0.4, -0.2) is 51.8 Å². The summed E-state index contributed by atoms with van der Waals surface area (Å²) in [5.74, 6) is 0.888. The molecule has 0 spiro atoms. The molecule has 0 radical (unpaired) electrons. The van der Waals surface area contributed by atoms with Crippen LogP contribution in [0, 0.1) is 5.92 Å². The Bertz CT molecular complexity index is 181. The van der Waals surface area contributed by atoms with Gasteiger partial charge in [-0.2, -0.15) is 0 Å². The molecule has 1 atom stereocenters. The third-order valence-electron chi connectivity index (χ3n) is 3.99. The lowest BCUT2D eigenvalue weighted by atomic mass is 9.83. The van der Waals surface area contributed by atoms with Gasteiger partial charge in [-0.3, -0.25) is 0 Å². The van der Waals surface area contributed by atoms with Gasteiger partial charge in [0.2, 0.25) is 0 Å². The van der Waals surface area contributed by atoms with Crippen molar-refractivity contribution in [2.75, 3.05) is 40.9 Å². The minimum atomic E-state index is 0.669. The van der Waals surface area contributed by atoms with Crippen LogP contribution in [0.3, 0.4) is 0 Å². The molecule has 0 aromatic carbocycles. The lowest BCUT2D eigenvalue weighted by molar-refractivity contribution is 0.166. The highest BCUT2D eigenvalue weighted by Gasteiger charge is 2.23. The van der Waals surface area contributed by atoms with Crippen molar-refractivity contribution >= 4 is 0 Å². The van der Waals surface area contributed by atoms with Crippen molar-refractivity contribution in [2.45, 2.75) is 44.6 Å². The van der Waals surface area contributed by atoms with E-state index < -0.39 is 0 Å². The molecule has 0 aromatic rings. The van der Waals surface area contributed by atoms with Crippen LogP contribution >= 0.6 is 0 Å². The molecular weight excluding hydrogens is 212 g/mol. The normalized spacial score (nSPS) is 19.8. The minimum absolute atomic E-state index is 0.669. The second-order valence-corrected chi connectivity index (χ2v) is 5.40. The highest BCUT2D eigenvalue weighted by molar-refractivity contribution is 4.80. The molecule has 0 bridgehead atoms. The van der Waals surface area contributed by atoms with E-state index in [0.717, 1.165) is 25.5 Å². The average molecular weight is 242 g/mol. The molecule has 3 nitrogen and oxygen atoms in total. The molecule has 1 unspecified atom stereocenters. The standard InChI is InChI=1S/C14H30N2O/c1-15-14(13-8-5-4-6-9-13)12-16(2)10-7-11-17-3/h13-15H,4-12H2,1-3H3. The van der Waals surface area contributed by atoms with Gasteiger partial charge in [-0.05, 0) is 39.3 Å². The molecule has 0 saturated heterocycles. The van der Waals surface area contributed by atoms with E-state index in [0.29, 0.717) is 6.04 Å². The Labute approximate surface area is 107 Å². The third kappa shape index (κ3) is 5.84. The predicted octanol–water partition coefficient (Wildman–Crippen LogP) is 2.12. The first-order chi connectivity index (χ1) is 8.27. The van der Waals surface area contributed by atoms with Crippen LogP contribution in [-0.2, 0) is 4.74 Å². The zero-order valence-electron chi connectivity index (χ0n) is 11.9. The molecule has 3 heteroatoms. The molecule has 102 valence electrons. The smallest absolute Gasteiger partial charge is 0.0474 e. The maximum atomic E-state index is 5.10. The Morgan fingerprint density at radius 2 is 2.00 bits per heavy atom.